The van der Waals surface area contributed by atoms with E-state index in [1.54, 1.807) is 53.4 Å². The molecule has 0 unspecified atom stereocenters. The SMILES string of the molecule is NC(=O)c1nn(-c2c(Cl)cccc2Cl)cc1Nc1cnc2cccnn12. The number of carbonyl (C=O) groups is 1. The Bertz CT molecular complexity index is 1110. The highest BCUT2D eigenvalue weighted by molar-refractivity contribution is 6.37. The molecule has 0 aliphatic rings. The maximum Gasteiger partial charge on any atom is 0.271 e. The van der Waals surface area contributed by atoms with E-state index >= 15 is 0 Å². The summed E-state index contributed by atoms with van der Waals surface area (Å²) in [6.45, 7) is 0. The molecule has 4 aromatic rings. The van der Waals surface area contributed by atoms with Crippen LogP contribution in [0.1, 0.15) is 10.5 Å². The standard InChI is InChI=1S/C16H11Cl2N7O/c17-9-3-1-4-10(18)15(9)24-8-11(14(23-24)16(19)26)22-13-7-20-12-5-2-6-21-25(12)13/h1-8,22H,(H2,19,26). The molecule has 0 aliphatic heterocycles. The monoisotopic (exact) mass is 387 g/mol. The van der Waals surface area contributed by atoms with Gasteiger partial charge in [-0.1, -0.05) is 29.3 Å². The molecule has 0 spiro atoms. The fourth-order valence-electron chi connectivity index (χ4n) is 2.52. The van der Waals surface area contributed by atoms with Gasteiger partial charge in [0.15, 0.2) is 17.2 Å². The van der Waals surface area contributed by atoms with Crippen LogP contribution in [-0.2, 0) is 0 Å². The highest BCUT2D eigenvalue weighted by Crippen LogP contribution is 2.30. The van der Waals surface area contributed by atoms with Crippen LogP contribution < -0.4 is 11.1 Å². The molecule has 1 amide bonds. The maximum atomic E-state index is 11.8. The van der Waals surface area contributed by atoms with Crippen molar-refractivity contribution in [2.75, 3.05) is 5.32 Å². The summed E-state index contributed by atoms with van der Waals surface area (Å²) in [5, 5.41) is 12.3. The Kier molecular flexibility index (Phi) is 3.98. The van der Waals surface area contributed by atoms with Crippen molar-refractivity contribution in [3.63, 3.8) is 0 Å². The van der Waals surface area contributed by atoms with Crippen molar-refractivity contribution in [3.05, 3.63) is 64.7 Å². The van der Waals surface area contributed by atoms with Crippen LogP contribution in [0, 0.1) is 0 Å². The average Bonchev–Trinajstić information content (AvgIpc) is 3.20. The topological polar surface area (TPSA) is 103 Å². The first-order chi connectivity index (χ1) is 12.5. The first-order valence-corrected chi connectivity index (χ1v) is 8.20. The first kappa shape index (κ1) is 16.4. The minimum Gasteiger partial charge on any atom is -0.364 e. The highest BCUT2D eigenvalue weighted by Gasteiger charge is 2.19. The van der Waals surface area contributed by atoms with Gasteiger partial charge in [0, 0.05) is 6.20 Å². The lowest BCUT2D eigenvalue weighted by molar-refractivity contribution is 0.0996. The number of nitrogens with two attached hydrogens (primary N) is 1. The van der Waals surface area contributed by atoms with E-state index in [1.807, 2.05) is 0 Å². The first-order valence-electron chi connectivity index (χ1n) is 7.44. The van der Waals surface area contributed by atoms with Gasteiger partial charge < -0.3 is 11.1 Å². The molecule has 3 heterocycles. The molecule has 0 saturated heterocycles. The number of aromatic nitrogens is 5. The van der Waals surface area contributed by atoms with Gasteiger partial charge in [0.05, 0.1) is 28.1 Å². The largest absolute Gasteiger partial charge is 0.364 e. The summed E-state index contributed by atoms with van der Waals surface area (Å²) in [5.74, 6) is -0.149. The summed E-state index contributed by atoms with van der Waals surface area (Å²) in [7, 11) is 0. The smallest absolute Gasteiger partial charge is 0.271 e. The number of para-hydroxylation sites is 1. The van der Waals surface area contributed by atoms with Crippen LogP contribution >= 0.6 is 23.2 Å². The van der Waals surface area contributed by atoms with Gasteiger partial charge in [-0.3, -0.25) is 4.79 Å². The van der Waals surface area contributed by atoms with E-state index in [4.69, 9.17) is 28.9 Å². The number of nitrogens with one attached hydrogen (secondary N) is 1. The molecule has 0 bridgehead atoms. The zero-order valence-electron chi connectivity index (χ0n) is 13.1. The number of imidazole rings is 1. The highest BCUT2D eigenvalue weighted by atomic mass is 35.5. The van der Waals surface area contributed by atoms with Crippen LogP contribution in [0.25, 0.3) is 11.3 Å². The predicted octanol–water partition coefficient (Wildman–Crippen LogP) is 3.06. The number of halogens is 2. The molecule has 0 aliphatic carbocycles. The molecule has 4 rings (SSSR count). The third-order valence-corrected chi connectivity index (χ3v) is 4.26. The molecular formula is C16H11Cl2N7O. The molecule has 0 fully saturated rings. The summed E-state index contributed by atoms with van der Waals surface area (Å²) in [6.07, 6.45) is 4.80. The molecule has 3 N–H and O–H groups in total. The van der Waals surface area contributed by atoms with E-state index in [0.717, 1.165) is 0 Å². The Hall–Kier alpha value is -3.10. The third-order valence-electron chi connectivity index (χ3n) is 3.65. The van der Waals surface area contributed by atoms with Crippen molar-refractivity contribution in [1.82, 2.24) is 24.4 Å². The summed E-state index contributed by atoms with van der Waals surface area (Å²) in [4.78, 5) is 16.1. The van der Waals surface area contributed by atoms with Gasteiger partial charge in [-0.25, -0.2) is 9.67 Å². The molecule has 10 heteroatoms. The van der Waals surface area contributed by atoms with E-state index in [2.05, 4.69) is 20.5 Å². The van der Waals surface area contributed by atoms with Crippen LogP contribution in [0.5, 0.6) is 0 Å². The van der Waals surface area contributed by atoms with Crippen molar-refractivity contribution in [1.29, 1.82) is 0 Å². The summed E-state index contributed by atoms with van der Waals surface area (Å²) in [5.41, 5.74) is 6.97. The Morgan fingerprint density at radius 1 is 1.15 bits per heavy atom. The lowest BCUT2D eigenvalue weighted by Crippen LogP contribution is -2.14. The van der Waals surface area contributed by atoms with Crippen LogP contribution in [0.3, 0.4) is 0 Å². The number of nitrogens with zero attached hydrogens (tertiary/aromatic N) is 5. The van der Waals surface area contributed by atoms with Gasteiger partial charge in [0.1, 0.15) is 5.69 Å². The van der Waals surface area contributed by atoms with Crippen molar-refractivity contribution >= 4 is 46.3 Å². The van der Waals surface area contributed by atoms with Gasteiger partial charge in [-0.2, -0.15) is 14.7 Å². The summed E-state index contributed by atoms with van der Waals surface area (Å²) < 4.78 is 2.99. The Morgan fingerprint density at radius 3 is 2.65 bits per heavy atom. The number of hydrogen-bond acceptors (Lipinski definition) is 5. The Balaban J connectivity index is 1.81. The molecule has 130 valence electrons. The van der Waals surface area contributed by atoms with Crippen molar-refractivity contribution in [2.24, 2.45) is 5.73 Å². The second-order valence-corrected chi connectivity index (χ2v) is 6.15. The summed E-state index contributed by atoms with van der Waals surface area (Å²) >= 11 is 12.4. The van der Waals surface area contributed by atoms with Crippen LogP contribution in [0.15, 0.2) is 48.9 Å². The number of carbonyl (C=O) groups excluding carboxylic acids is 1. The zero-order chi connectivity index (χ0) is 18.3. The van der Waals surface area contributed by atoms with E-state index in [0.29, 0.717) is 32.9 Å². The van der Waals surface area contributed by atoms with E-state index in [9.17, 15) is 4.79 Å². The molecule has 26 heavy (non-hydrogen) atoms. The average molecular weight is 388 g/mol. The molecule has 0 radical (unpaired) electrons. The molecule has 0 atom stereocenters. The van der Waals surface area contributed by atoms with Gasteiger partial charge in [0.25, 0.3) is 5.91 Å². The van der Waals surface area contributed by atoms with Crippen molar-refractivity contribution < 1.29 is 4.79 Å². The third kappa shape index (κ3) is 2.75. The molecule has 1 aromatic carbocycles. The van der Waals surface area contributed by atoms with Crippen LogP contribution in [-0.4, -0.2) is 30.3 Å². The number of amides is 1. The number of fused-ring (bicyclic) bond motifs is 1. The fraction of sp³-hybridized carbons (Fsp3) is 0. The summed E-state index contributed by atoms with van der Waals surface area (Å²) in [6, 6.07) is 8.65. The van der Waals surface area contributed by atoms with Crippen LogP contribution in [0.4, 0.5) is 11.5 Å². The predicted molar refractivity (Wildman–Crippen MR) is 98.4 cm³/mol. The van der Waals surface area contributed by atoms with E-state index in [-0.39, 0.29) is 5.69 Å². The van der Waals surface area contributed by atoms with Crippen molar-refractivity contribution in [3.8, 4) is 5.69 Å². The quantitative estimate of drug-likeness (QED) is 0.559. The zero-order valence-corrected chi connectivity index (χ0v) is 14.6. The maximum absolute atomic E-state index is 11.8. The van der Waals surface area contributed by atoms with Gasteiger partial charge in [-0.05, 0) is 24.3 Å². The lowest BCUT2D eigenvalue weighted by atomic mass is 10.3. The van der Waals surface area contributed by atoms with Crippen LogP contribution in [0.2, 0.25) is 10.0 Å². The van der Waals surface area contributed by atoms with Gasteiger partial charge in [-0.15, -0.1) is 0 Å². The second-order valence-electron chi connectivity index (χ2n) is 5.33. The van der Waals surface area contributed by atoms with Crippen molar-refractivity contribution in [2.45, 2.75) is 0 Å². The minimum absolute atomic E-state index is 0.0341. The molecule has 8 nitrogen and oxygen atoms in total. The normalized spacial score (nSPS) is 11.0. The van der Waals surface area contributed by atoms with Gasteiger partial charge in [0.2, 0.25) is 0 Å². The van der Waals surface area contributed by atoms with E-state index < -0.39 is 5.91 Å². The number of rotatable bonds is 4. The fourth-order valence-corrected chi connectivity index (χ4v) is 3.09. The molecule has 3 aromatic heterocycles. The number of hydrogen-bond donors (Lipinski definition) is 2. The number of benzene rings is 1. The Morgan fingerprint density at radius 2 is 1.92 bits per heavy atom. The van der Waals surface area contributed by atoms with E-state index in [1.165, 1.54) is 4.68 Å². The Labute approximate surface area is 157 Å². The van der Waals surface area contributed by atoms with Gasteiger partial charge >= 0.3 is 0 Å². The minimum atomic E-state index is -0.698. The molecule has 0 saturated carbocycles. The second kappa shape index (κ2) is 6.32. The number of anilines is 2. The lowest BCUT2D eigenvalue weighted by Gasteiger charge is -2.06. The molecular weight excluding hydrogens is 377 g/mol. The number of primary amides is 1.